The molecular formula is C27H35N5O5. The van der Waals surface area contributed by atoms with E-state index in [-0.39, 0.29) is 35.7 Å². The molecule has 1 unspecified atom stereocenters. The number of hydrogen-bond acceptors (Lipinski definition) is 6. The van der Waals surface area contributed by atoms with E-state index < -0.39 is 11.3 Å². The van der Waals surface area contributed by atoms with Crippen LogP contribution >= 0.6 is 0 Å². The van der Waals surface area contributed by atoms with Gasteiger partial charge in [0, 0.05) is 39.0 Å². The number of likely N-dealkylation sites (tertiary alicyclic amines) is 1. The maximum absolute atomic E-state index is 13.8. The van der Waals surface area contributed by atoms with Gasteiger partial charge < -0.3 is 29.2 Å². The first kappa shape index (κ1) is 25.4. The minimum absolute atomic E-state index is 0.137. The predicted octanol–water partition coefficient (Wildman–Crippen LogP) is 2.11. The van der Waals surface area contributed by atoms with Gasteiger partial charge in [-0.05, 0) is 25.8 Å². The van der Waals surface area contributed by atoms with E-state index in [0.29, 0.717) is 58.7 Å². The highest BCUT2D eigenvalue weighted by Gasteiger charge is 2.49. The fourth-order valence-electron chi connectivity index (χ4n) is 5.48. The van der Waals surface area contributed by atoms with Crippen LogP contribution in [0.25, 0.3) is 0 Å². The molecule has 1 aromatic heterocycles. The highest BCUT2D eigenvalue weighted by Crippen LogP contribution is 2.33. The molecular weight excluding hydrogens is 474 g/mol. The number of piperidine rings is 1. The SMILES string of the molecule is CCCN1C(=O)c2c(C(=O)N3CCC4(CC3)OCCO4)ncn2CC1(C)C(=O)NCc1ccc(C)cc1. The van der Waals surface area contributed by atoms with Crippen LogP contribution in [0.3, 0.4) is 0 Å². The second-order valence-electron chi connectivity index (χ2n) is 10.4. The van der Waals surface area contributed by atoms with Gasteiger partial charge in [-0.15, -0.1) is 0 Å². The standard InChI is InChI=1S/C27H35N5O5/c1-4-11-32-24(34)22-21(23(33)30-12-9-27(10-13-30)36-14-15-37-27)29-18-31(22)17-26(32,3)25(35)28-16-20-7-5-19(2)6-8-20/h5-8,18H,4,9-17H2,1-3H3,(H,28,35). The van der Waals surface area contributed by atoms with Crippen LogP contribution in [0.5, 0.6) is 0 Å². The first-order valence-electron chi connectivity index (χ1n) is 13.0. The molecule has 198 valence electrons. The molecule has 2 fully saturated rings. The number of aryl methyl sites for hydroxylation is 1. The van der Waals surface area contributed by atoms with Crippen molar-refractivity contribution in [3.05, 3.63) is 53.1 Å². The Bertz CT molecular complexity index is 1180. The minimum atomic E-state index is -1.11. The van der Waals surface area contributed by atoms with Crippen molar-refractivity contribution in [2.75, 3.05) is 32.8 Å². The summed E-state index contributed by atoms with van der Waals surface area (Å²) in [6, 6.07) is 7.96. The lowest BCUT2D eigenvalue weighted by molar-refractivity contribution is -0.181. The highest BCUT2D eigenvalue weighted by molar-refractivity contribution is 6.07. The summed E-state index contributed by atoms with van der Waals surface area (Å²) in [6.45, 7) is 8.83. The van der Waals surface area contributed by atoms with Gasteiger partial charge in [-0.3, -0.25) is 14.4 Å². The van der Waals surface area contributed by atoms with Crippen molar-refractivity contribution in [2.45, 2.75) is 64.4 Å². The van der Waals surface area contributed by atoms with Crippen LogP contribution in [0.1, 0.15) is 65.2 Å². The molecule has 10 nitrogen and oxygen atoms in total. The maximum atomic E-state index is 13.8. The number of nitrogens with zero attached hydrogens (tertiary/aromatic N) is 4. The molecule has 3 aliphatic rings. The van der Waals surface area contributed by atoms with Crippen molar-refractivity contribution in [1.82, 2.24) is 24.7 Å². The van der Waals surface area contributed by atoms with Crippen LogP contribution < -0.4 is 5.32 Å². The largest absolute Gasteiger partial charge is 0.350 e. The Labute approximate surface area is 216 Å². The molecule has 0 aliphatic carbocycles. The lowest BCUT2D eigenvalue weighted by atomic mass is 9.93. The van der Waals surface area contributed by atoms with Crippen molar-refractivity contribution in [2.24, 2.45) is 0 Å². The fourth-order valence-corrected chi connectivity index (χ4v) is 5.48. The van der Waals surface area contributed by atoms with Gasteiger partial charge in [-0.25, -0.2) is 4.98 Å². The lowest BCUT2D eigenvalue weighted by Crippen LogP contribution is -2.64. The molecule has 1 aromatic carbocycles. The molecule has 5 rings (SSSR count). The number of ether oxygens (including phenoxy) is 2. The zero-order valence-corrected chi connectivity index (χ0v) is 21.8. The molecule has 4 heterocycles. The third kappa shape index (κ3) is 4.64. The number of rotatable bonds is 6. The number of hydrogen-bond donors (Lipinski definition) is 1. The van der Waals surface area contributed by atoms with Crippen LogP contribution in [0.2, 0.25) is 0 Å². The van der Waals surface area contributed by atoms with E-state index in [1.54, 1.807) is 21.3 Å². The number of imidazole rings is 1. The molecule has 0 radical (unpaired) electrons. The average Bonchev–Trinajstić information content (AvgIpc) is 3.53. The molecule has 2 saturated heterocycles. The number of fused-ring (bicyclic) bond motifs is 1. The number of nitrogens with one attached hydrogen (secondary N) is 1. The van der Waals surface area contributed by atoms with Crippen LogP contribution in [-0.2, 0) is 27.4 Å². The van der Waals surface area contributed by atoms with Crippen molar-refractivity contribution in [1.29, 1.82) is 0 Å². The van der Waals surface area contributed by atoms with Gasteiger partial charge in [-0.1, -0.05) is 36.8 Å². The van der Waals surface area contributed by atoms with Gasteiger partial charge >= 0.3 is 0 Å². The summed E-state index contributed by atoms with van der Waals surface area (Å²) < 4.78 is 13.2. The van der Waals surface area contributed by atoms with Gasteiger partial charge in [0.05, 0.1) is 26.1 Å². The van der Waals surface area contributed by atoms with Gasteiger partial charge in [0.15, 0.2) is 11.5 Å². The van der Waals surface area contributed by atoms with Crippen LogP contribution in [-0.4, -0.2) is 81.2 Å². The smallest absolute Gasteiger partial charge is 0.274 e. The van der Waals surface area contributed by atoms with Crippen molar-refractivity contribution < 1.29 is 23.9 Å². The number of carbonyl (C=O) groups is 3. The molecule has 10 heteroatoms. The first-order valence-corrected chi connectivity index (χ1v) is 13.0. The zero-order valence-electron chi connectivity index (χ0n) is 21.8. The summed E-state index contributed by atoms with van der Waals surface area (Å²) in [5.41, 5.74) is 1.41. The Kier molecular flexibility index (Phi) is 6.80. The number of aromatic nitrogens is 2. The van der Waals surface area contributed by atoms with Gasteiger partial charge in [0.2, 0.25) is 5.91 Å². The molecule has 2 aromatic rings. The van der Waals surface area contributed by atoms with E-state index in [0.717, 1.165) is 11.1 Å². The molecule has 37 heavy (non-hydrogen) atoms. The van der Waals surface area contributed by atoms with Gasteiger partial charge in [-0.2, -0.15) is 0 Å². The summed E-state index contributed by atoms with van der Waals surface area (Å²) in [7, 11) is 0. The van der Waals surface area contributed by atoms with Crippen molar-refractivity contribution >= 4 is 17.7 Å². The summed E-state index contributed by atoms with van der Waals surface area (Å²) in [5, 5.41) is 3.01. The lowest BCUT2D eigenvalue weighted by Gasteiger charge is -2.44. The fraction of sp³-hybridized carbons (Fsp3) is 0.556. The maximum Gasteiger partial charge on any atom is 0.274 e. The second-order valence-corrected chi connectivity index (χ2v) is 10.4. The van der Waals surface area contributed by atoms with E-state index in [4.69, 9.17) is 9.47 Å². The summed E-state index contributed by atoms with van der Waals surface area (Å²) in [4.78, 5) is 48.4. The van der Waals surface area contributed by atoms with Gasteiger partial charge in [0.25, 0.3) is 11.8 Å². The quantitative estimate of drug-likeness (QED) is 0.640. The third-order valence-corrected chi connectivity index (χ3v) is 7.70. The summed E-state index contributed by atoms with van der Waals surface area (Å²) >= 11 is 0. The molecule has 1 atom stereocenters. The second kappa shape index (κ2) is 9.90. The Morgan fingerprint density at radius 3 is 2.43 bits per heavy atom. The van der Waals surface area contributed by atoms with E-state index in [1.807, 2.05) is 38.1 Å². The molecule has 0 bridgehead atoms. The summed E-state index contributed by atoms with van der Waals surface area (Å²) in [6.07, 6.45) is 3.36. The van der Waals surface area contributed by atoms with Crippen molar-refractivity contribution in [3.63, 3.8) is 0 Å². The van der Waals surface area contributed by atoms with E-state index in [1.165, 1.54) is 6.33 Å². The van der Waals surface area contributed by atoms with E-state index in [2.05, 4.69) is 10.3 Å². The topological polar surface area (TPSA) is 106 Å². The Morgan fingerprint density at radius 1 is 1.11 bits per heavy atom. The Balaban J connectivity index is 1.34. The highest BCUT2D eigenvalue weighted by atomic mass is 16.7. The average molecular weight is 510 g/mol. The molecule has 3 aliphatic heterocycles. The Hall–Kier alpha value is -3.24. The van der Waals surface area contributed by atoms with Crippen LogP contribution in [0.4, 0.5) is 0 Å². The van der Waals surface area contributed by atoms with E-state index in [9.17, 15) is 14.4 Å². The third-order valence-electron chi connectivity index (χ3n) is 7.70. The molecule has 1 spiro atoms. The number of carbonyl (C=O) groups excluding carboxylic acids is 3. The normalized spacial score (nSPS) is 22.8. The number of amides is 3. The predicted molar refractivity (Wildman–Crippen MR) is 135 cm³/mol. The van der Waals surface area contributed by atoms with Gasteiger partial charge in [0.1, 0.15) is 11.2 Å². The zero-order chi connectivity index (χ0) is 26.2. The first-order chi connectivity index (χ1) is 17.8. The summed E-state index contributed by atoms with van der Waals surface area (Å²) in [5.74, 6) is -1.46. The Morgan fingerprint density at radius 2 is 1.78 bits per heavy atom. The van der Waals surface area contributed by atoms with Crippen molar-refractivity contribution in [3.8, 4) is 0 Å². The molecule has 1 N–H and O–H groups in total. The monoisotopic (exact) mass is 509 g/mol. The van der Waals surface area contributed by atoms with Crippen LogP contribution in [0, 0.1) is 6.92 Å². The number of benzene rings is 1. The molecule has 0 saturated carbocycles. The molecule has 3 amide bonds. The van der Waals surface area contributed by atoms with E-state index >= 15 is 0 Å². The van der Waals surface area contributed by atoms with Crippen LogP contribution in [0.15, 0.2) is 30.6 Å². The minimum Gasteiger partial charge on any atom is -0.350 e.